The highest BCUT2D eigenvalue weighted by Crippen LogP contribution is 2.37. The van der Waals surface area contributed by atoms with Gasteiger partial charge in [0.25, 0.3) is 0 Å². The molecule has 3 aromatic carbocycles. The lowest BCUT2D eigenvalue weighted by atomic mass is 9.88. The topological polar surface area (TPSA) is 116 Å². The molecular weight excluding hydrogens is 621 g/mol. The number of alkyl halides is 3. The number of rotatable bonds is 14. The van der Waals surface area contributed by atoms with Gasteiger partial charge in [-0.1, -0.05) is 30.3 Å². The van der Waals surface area contributed by atoms with Crippen LogP contribution in [0, 0.1) is 5.92 Å². The second-order valence-electron chi connectivity index (χ2n) is 12.6. The van der Waals surface area contributed by atoms with Gasteiger partial charge in [-0.05, 0) is 104 Å². The van der Waals surface area contributed by atoms with Gasteiger partial charge < -0.3 is 20.3 Å². The number of carboxylic acids is 1. The molecule has 0 amide bonds. The number of methoxy groups -OCH3 is 1. The molecule has 0 aliphatic heterocycles. The minimum Gasteiger partial charge on any atom is -0.496 e. The summed E-state index contributed by atoms with van der Waals surface area (Å²) >= 11 is 0. The smallest absolute Gasteiger partial charge is 0.416 e. The van der Waals surface area contributed by atoms with Crippen LogP contribution in [0.25, 0.3) is 11.1 Å². The van der Waals surface area contributed by atoms with Gasteiger partial charge in [0, 0.05) is 32.1 Å². The van der Waals surface area contributed by atoms with E-state index in [0.717, 1.165) is 35.7 Å². The fourth-order valence-electron chi connectivity index (χ4n) is 6.10. The minimum absolute atomic E-state index is 0.0148. The van der Waals surface area contributed by atoms with Gasteiger partial charge in [-0.25, -0.2) is 8.42 Å². The van der Waals surface area contributed by atoms with Gasteiger partial charge in [-0.15, -0.1) is 0 Å². The molecule has 12 heteroatoms. The number of carbonyl (C=O) groups is 1. The standard InChI is InChI=1S/C34H41F3N2O6S/c1-33(2,19-22-13-23-7-5-6-8-24(23)14-22)38-20-29(40)21-39(3)46(43,44)30-17-27(16-28(18-30)34(35,36)37)25-9-11-31(45-4)26(15-25)10-12-32(41)42/h5-9,11,15-18,22,29,38,40H,10,12-14,19-21H2,1-4H3,(H,41,42)/t29-/m1/s1. The Morgan fingerprint density at radius 3 is 2.28 bits per heavy atom. The molecule has 0 saturated carbocycles. The van der Waals surface area contributed by atoms with Crippen molar-refractivity contribution >= 4 is 16.0 Å². The number of likely N-dealkylation sites (N-methyl/N-ethyl adjacent to an activating group) is 1. The van der Waals surface area contributed by atoms with Crippen LogP contribution in [0.1, 0.15) is 48.9 Å². The maximum Gasteiger partial charge on any atom is 0.416 e. The Bertz CT molecular complexity index is 1630. The number of aliphatic carboxylic acids is 1. The predicted molar refractivity (Wildman–Crippen MR) is 169 cm³/mol. The summed E-state index contributed by atoms with van der Waals surface area (Å²) < 4.78 is 75.1. The number of carboxylic acid groups (broad SMARTS) is 1. The molecule has 0 radical (unpaired) electrons. The number of nitrogens with zero attached hydrogens (tertiary/aromatic N) is 1. The van der Waals surface area contributed by atoms with E-state index in [-0.39, 0.29) is 42.6 Å². The third kappa shape index (κ3) is 8.87. The average molecular weight is 663 g/mol. The van der Waals surface area contributed by atoms with Crippen LogP contribution >= 0.6 is 0 Å². The SMILES string of the molecule is COc1ccc(-c2cc(C(F)(F)F)cc(S(=O)(=O)N(C)C[C@H](O)CNC(C)(C)CC3Cc4ccccc4C3)c2)cc1CCC(=O)O. The van der Waals surface area contributed by atoms with E-state index in [1.807, 2.05) is 26.0 Å². The number of aryl methyl sites for hydroxylation is 1. The predicted octanol–water partition coefficient (Wildman–Crippen LogP) is 5.55. The lowest BCUT2D eigenvalue weighted by Gasteiger charge is -2.31. The fraction of sp³-hybridized carbons (Fsp3) is 0.441. The number of halogens is 3. The number of nitrogens with one attached hydrogen (secondary N) is 1. The number of β-amino-alcohol motifs (C(OH)–C–C–N with tert-alkyl or cyclic N) is 1. The molecule has 0 heterocycles. The molecule has 3 N–H and O–H groups in total. The molecule has 0 aromatic heterocycles. The molecule has 1 aliphatic carbocycles. The lowest BCUT2D eigenvalue weighted by molar-refractivity contribution is -0.138. The van der Waals surface area contributed by atoms with E-state index in [4.69, 9.17) is 9.84 Å². The highest BCUT2D eigenvalue weighted by atomic mass is 32.2. The number of aliphatic hydroxyl groups is 1. The normalized spacial score (nSPS) is 14.8. The van der Waals surface area contributed by atoms with Gasteiger partial charge in [-0.3, -0.25) is 4.79 Å². The zero-order chi connectivity index (χ0) is 33.9. The van der Waals surface area contributed by atoms with Crippen molar-refractivity contribution in [3.8, 4) is 16.9 Å². The van der Waals surface area contributed by atoms with Crippen LogP contribution in [0.3, 0.4) is 0 Å². The van der Waals surface area contributed by atoms with Crippen molar-refractivity contribution < 1.29 is 41.3 Å². The summed E-state index contributed by atoms with van der Waals surface area (Å²) in [4.78, 5) is 10.5. The Hall–Kier alpha value is -3.45. The van der Waals surface area contributed by atoms with E-state index >= 15 is 0 Å². The van der Waals surface area contributed by atoms with Gasteiger partial charge in [-0.2, -0.15) is 17.5 Å². The zero-order valence-electron chi connectivity index (χ0n) is 26.4. The van der Waals surface area contributed by atoms with Crippen LogP contribution in [0.2, 0.25) is 0 Å². The number of benzene rings is 3. The van der Waals surface area contributed by atoms with Gasteiger partial charge in [0.05, 0.1) is 23.7 Å². The first-order valence-corrected chi connectivity index (χ1v) is 16.5. The molecule has 0 unspecified atom stereocenters. The molecule has 3 aromatic rings. The number of fused-ring (bicyclic) bond motifs is 1. The fourth-order valence-corrected chi connectivity index (χ4v) is 7.38. The minimum atomic E-state index is -4.84. The van der Waals surface area contributed by atoms with Crippen molar-refractivity contribution in [2.45, 2.75) is 68.7 Å². The number of hydrogen-bond acceptors (Lipinski definition) is 6. The molecule has 0 spiro atoms. The number of ether oxygens (including phenoxy) is 1. The van der Waals surface area contributed by atoms with E-state index < -0.39 is 38.7 Å². The summed E-state index contributed by atoms with van der Waals surface area (Å²) in [5, 5.41) is 23.2. The van der Waals surface area contributed by atoms with Gasteiger partial charge in [0.15, 0.2) is 0 Å². The molecule has 1 atom stereocenters. The number of sulfonamides is 1. The quantitative estimate of drug-likeness (QED) is 0.207. The van der Waals surface area contributed by atoms with E-state index in [1.165, 1.54) is 43.5 Å². The molecule has 4 rings (SSSR count). The summed E-state index contributed by atoms with van der Waals surface area (Å²) in [6.45, 7) is 3.80. The van der Waals surface area contributed by atoms with Crippen molar-refractivity contribution in [3.63, 3.8) is 0 Å². The first-order valence-electron chi connectivity index (χ1n) is 15.1. The van der Waals surface area contributed by atoms with E-state index in [1.54, 1.807) is 0 Å². The third-order valence-corrected chi connectivity index (χ3v) is 10.2. The summed E-state index contributed by atoms with van der Waals surface area (Å²) in [7, 11) is -1.84. The molecular formula is C34H41F3N2O6S. The van der Waals surface area contributed by atoms with Gasteiger partial charge in [0.2, 0.25) is 10.0 Å². The van der Waals surface area contributed by atoms with E-state index in [2.05, 4.69) is 17.4 Å². The Kier molecular flexibility index (Phi) is 10.9. The average Bonchev–Trinajstić information content (AvgIpc) is 3.39. The molecule has 1 aliphatic rings. The number of hydrogen-bond donors (Lipinski definition) is 3. The first-order chi connectivity index (χ1) is 21.5. The van der Waals surface area contributed by atoms with Crippen LogP contribution < -0.4 is 10.1 Å². The molecule has 0 saturated heterocycles. The molecule has 0 fully saturated rings. The van der Waals surface area contributed by atoms with Crippen LogP contribution in [0.4, 0.5) is 13.2 Å². The summed E-state index contributed by atoms with van der Waals surface area (Å²) in [6.07, 6.45) is -3.32. The van der Waals surface area contributed by atoms with Crippen molar-refractivity contribution in [2.75, 3.05) is 27.2 Å². The van der Waals surface area contributed by atoms with Crippen LogP contribution in [0.15, 0.2) is 65.6 Å². The third-order valence-electron chi connectivity index (χ3n) is 8.38. The Balaban J connectivity index is 1.49. The largest absolute Gasteiger partial charge is 0.496 e. The van der Waals surface area contributed by atoms with E-state index in [9.17, 15) is 31.5 Å². The Morgan fingerprint density at radius 1 is 1.04 bits per heavy atom. The van der Waals surface area contributed by atoms with Crippen molar-refractivity contribution in [2.24, 2.45) is 5.92 Å². The van der Waals surface area contributed by atoms with Crippen molar-refractivity contribution in [1.82, 2.24) is 9.62 Å². The maximum absolute atomic E-state index is 14.0. The van der Waals surface area contributed by atoms with Crippen LogP contribution in [-0.4, -0.2) is 67.8 Å². The summed E-state index contributed by atoms with van der Waals surface area (Å²) in [6, 6.07) is 15.4. The molecule has 250 valence electrons. The Labute approximate surface area is 268 Å². The van der Waals surface area contributed by atoms with Crippen LogP contribution in [0.5, 0.6) is 5.75 Å². The first kappa shape index (κ1) is 35.4. The highest BCUT2D eigenvalue weighted by molar-refractivity contribution is 7.89. The monoisotopic (exact) mass is 662 g/mol. The van der Waals surface area contributed by atoms with Crippen molar-refractivity contribution in [3.05, 3.63) is 82.9 Å². The van der Waals surface area contributed by atoms with Crippen LogP contribution in [-0.2, 0) is 40.3 Å². The second kappa shape index (κ2) is 14.1. The summed E-state index contributed by atoms with van der Waals surface area (Å²) in [5.74, 6) is -0.249. The second-order valence-corrected chi connectivity index (χ2v) is 14.7. The van der Waals surface area contributed by atoms with Crippen molar-refractivity contribution in [1.29, 1.82) is 0 Å². The molecule has 46 heavy (non-hydrogen) atoms. The lowest BCUT2D eigenvalue weighted by Crippen LogP contribution is -2.47. The van der Waals surface area contributed by atoms with Gasteiger partial charge >= 0.3 is 12.1 Å². The van der Waals surface area contributed by atoms with E-state index in [0.29, 0.717) is 23.3 Å². The number of aliphatic hydroxyl groups excluding tert-OH is 1. The molecule has 8 nitrogen and oxygen atoms in total. The molecule has 0 bridgehead atoms. The zero-order valence-corrected chi connectivity index (χ0v) is 27.2. The Morgan fingerprint density at radius 2 is 1.70 bits per heavy atom. The van der Waals surface area contributed by atoms with Gasteiger partial charge in [0.1, 0.15) is 5.75 Å². The summed E-state index contributed by atoms with van der Waals surface area (Å²) in [5.41, 5.74) is 1.90. The maximum atomic E-state index is 14.0. The highest BCUT2D eigenvalue weighted by Gasteiger charge is 2.34.